The maximum Gasteiger partial charge on any atom is 0.256 e. The van der Waals surface area contributed by atoms with Gasteiger partial charge in [0.2, 0.25) is 0 Å². The molecule has 1 atom stereocenters. The van der Waals surface area contributed by atoms with Crippen molar-refractivity contribution in [3.63, 3.8) is 0 Å². The number of carbonyl (C=O) groups is 1. The minimum Gasteiger partial charge on any atom is -0.312 e. The van der Waals surface area contributed by atoms with Gasteiger partial charge >= 0.3 is 0 Å². The molecule has 0 saturated carbocycles. The smallest absolute Gasteiger partial charge is 0.256 e. The summed E-state index contributed by atoms with van der Waals surface area (Å²) in [6.07, 6.45) is 3.07. The number of aryl methyl sites for hydroxylation is 1. The Labute approximate surface area is 163 Å². The Morgan fingerprint density at radius 2 is 1.81 bits per heavy atom. The van der Waals surface area contributed by atoms with E-state index in [9.17, 15) is 10.1 Å². The number of fused-ring (bicyclic) bond motifs is 1. The molecule has 27 heavy (non-hydrogen) atoms. The van der Waals surface area contributed by atoms with Crippen LogP contribution in [-0.4, -0.2) is 5.91 Å². The highest BCUT2D eigenvalue weighted by Gasteiger charge is 2.25. The third-order valence-corrected chi connectivity index (χ3v) is 6.31. The molecule has 1 amide bonds. The van der Waals surface area contributed by atoms with Crippen LogP contribution in [0.5, 0.6) is 0 Å². The van der Waals surface area contributed by atoms with E-state index in [1.807, 2.05) is 54.6 Å². The molecule has 0 fully saturated rings. The van der Waals surface area contributed by atoms with Crippen LogP contribution in [0.2, 0.25) is 0 Å². The lowest BCUT2D eigenvalue weighted by atomic mass is 9.88. The fraction of sp³-hybridized carbons (Fsp3) is 0.217. The molecule has 0 spiro atoms. The van der Waals surface area contributed by atoms with Gasteiger partial charge in [-0.25, -0.2) is 0 Å². The number of nitrogens with zero attached hydrogens (tertiary/aromatic N) is 1. The summed E-state index contributed by atoms with van der Waals surface area (Å²) in [6, 6.07) is 20.0. The molecule has 1 heterocycles. The highest BCUT2D eigenvalue weighted by Crippen LogP contribution is 2.39. The van der Waals surface area contributed by atoms with Crippen molar-refractivity contribution in [2.24, 2.45) is 5.92 Å². The normalized spacial score (nSPS) is 15.6. The number of nitriles is 1. The van der Waals surface area contributed by atoms with E-state index in [0.29, 0.717) is 22.0 Å². The van der Waals surface area contributed by atoms with E-state index in [1.165, 1.54) is 4.88 Å². The largest absolute Gasteiger partial charge is 0.312 e. The first-order chi connectivity index (χ1) is 13.2. The van der Waals surface area contributed by atoms with E-state index in [4.69, 9.17) is 0 Å². The SMILES string of the molecule is C[C@H]1CCc2sc(NC(=O)c3ccc(-c4ccccc4)cc3)c(C#N)c2C1. The molecule has 1 N–H and O–H groups in total. The van der Waals surface area contributed by atoms with Gasteiger partial charge in [-0.15, -0.1) is 11.3 Å². The minimum absolute atomic E-state index is 0.169. The van der Waals surface area contributed by atoms with Gasteiger partial charge in [0.15, 0.2) is 0 Å². The zero-order valence-corrected chi connectivity index (χ0v) is 16.0. The molecule has 1 aliphatic rings. The van der Waals surface area contributed by atoms with Gasteiger partial charge in [-0.3, -0.25) is 4.79 Å². The lowest BCUT2D eigenvalue weighted by Gasteiger charge is -2.17. The zero-order valence-electron chi connectivity index (χ0n) is 15.2. The van der Waals surface area contributed by atoms with Gasteiger partial charge in [-0.2, -0.15) is 5.26 Å². The van der Waals surface area contributed by atoms with E-state index in [-0.39, 0.29) is 5.91 Å². The molecule has 2 aromatic carbocycles. The molecule has 0 unspecified atom stereocenters. The number of amides is 1. The molecular formula is C23H20N2OS. The number of hydrogen-bond donors (Lipinski definition) is 1. The summed E-state index contributed by atoms with van der Waals surface area (Å²) in [5.41, 5.74) is 4.58. The summed E-state index contributed by atoms with van der Waals surface area (Å²) in [5.74, 6) is 0.422. The molecule has 1 aliphatic carbocycles. The van der Waals surface area contributed by atoms with Crippen molar-refractivity contribution >= 4 is 22.2 Å². The second-order valence-electron chi connectivity index (χ2n) is 7.07. The minimum atomic E-state index is -0.169. The van der Waals surface area contributed by atoms with Crippen LogP contribution in [-0.2, 0) is 12.8 Å². The Morgan fingerprint density at radius 3 is 2.52 bits per heavy atom. The Hall–Kier alpha value is -2.90. The van der Waals surface area contributed by atoms with E-state index in [2.05, 4.69) is 18.3 Å². The van der Waals surface area contributed by atoms with Crippen LogP contribution in [0.15, 0.2) is 54.6 Å². The van der Waals surface area contributed by atoms with Gasteiger partial charge in [0.05, 0.1) is 5.56 Å². The molecular weight excluding hydrogens is 352 g/mol. The molecule has 0 radical (unpaired) electrons. The van der Waals surface area contributed by atoms with Crippen molar-refractivity contribution in [1.82, 2.24) is 0 Å². The third kappa shape index (κ3) is 3.51. The van der Waals surface area contributed by atoms with Gasteiger partial charge in [0.1, 0.15) is 11.1 Å². The summed E-state index contributed by atoms with van der Waals surface area (Å²) < 4.78 is 0. The summed E-state index contributed by atoms with van der Waals surface area (Å²) in [6.45, 7) is 2.22. The Balaban J connectivity index is 1.56. The lowest BCUT2D eigenvalue weighted by molar-refractivity contribution is 0.102. The summed E-state index contributed by atoms with van der Waals surface area (Å²) in [4.78, 5) is 13.9. The molecule has 1 aromatic heterocycles. The molecule has 0 bridgehead atoms. The van der Waals surface area contributed by atoms with Crippen molar-refractivity contribution < 1.29 is 4.79 Å². The lowest BCUT2D eigenvalue weighted by Crippen LogP contribution is -2.12. The third-order valence-electron chi connectivity index (χ3n) is 5.10. The molecule has 0 aliphatic heterocycles. The van der Waals surface area contributed by atoms with Crippen molar-refractivity contribution in [1.29, 1.82) is 5.26 Å². The first kappa shape index (κ1) is 17.5. The van der Waals surface area contributed by atoms with E-state index < -0.39 is 0 Å². The first-order valence-corrected chi connectivity index (χ1v) is 9.99. The van der Waals surface area contributed by atoms with Crippen LogP contribution in [0.1, 0.15) is 39.7 Å². The van der Waals surface area contributed by atoms with Crippen LogP contribution in [0.3, 0.4) is 0 Å². The molecule has 4 heteroatoms. The number of thiophene rings is 1. The number of carbonyl (C=O) groups excluding carboxylic acids is 1. The predicted octanol–water partition coefficient (Wildman–Crippen LogP) is 5.66. The Kier molecular flexibility index (Phi) is 4.79. The maximum absolute atomic E-state index is 12.7. The monoisotopic (exact) mass is 372 g/mol. The molecule has 134 valence electrons. The zero-order chi connectivity index (χ0) is 18.8. The van der Waals surface area contributed by atoms with Crippen LogP contribution < -0.4 is 5.32 Å². The number of nitrogens with one attached hydrogen (secondary N) is 1. The molecule has 3 nitrogen and oxygen atoms in total. The van der Waals surface area contributed by atoms with E-state index in [1.54, 1.807) is 11.3 Å². The first-order valence-electron chi connectivity index (χ1n) is 9.17. The summed E-state index contributed by atoms with van der Waals surface area (Å²) in [7, 11) is 0. The topological polar surface area (TPSA) is 52.9 Å². The van der Waals surface area contributed by atoms with Crippen molar-refractivity contribution in [3.05, 3.63) is 76.2 Å². The Bertz CT molecular complexity index is 1010. The summed E-state index contributed by atoms with van der Waals surface area (Å²) >= 11 is 1.56. The van der Waals surface area contributed by atoms with Crippen molar-refractivity contribution in [3.8, 4) is 17.2 Å². The quantitative estimate of drug-likeness (QED) is 0.644. The van der Waals surface area contributed by atoms with Gasteiger partial charge < -0.3 is 5.32 Å². The van der Waals surface area contributed by atoms with Crippen molar-refractivity contribution in [2.45, 2.75) is 26.2 Å². The average molecular weight is 372 g/mol. The number of rotatable bonds is 3. The van der Waals surface area contributed by atoms with Crippen LogP contribution in [0.25, 0.3) is 11.1 Å². The summed E-state index contributed by atoms with van der Waals surface area (Å²) in [5, 5.41) is 13.3. The predicted molar refractivity (Wildman–Crippen MR) is 110 cm³/mol. The highest BCUT2D eigenvalue weighted by atomic mass is 32.1. The van der Waals surface area contributed by atoms with Crippen LogP contribution >= 0.6 is 11.3 Å². The van der Waals surface area contributed by atoms with Gasteiger partial charge in [-0.05, 0) is 54.0 Å². The molecule has 4 rings (SSSR count). The standard InChI is InChI=1S/C23H20N2OS/c1-15-7-12-21-19(13-15)20(14-24)23(27-21)25-22(26)18-10-8-17(9-11-18)16-5-3-2-4-6-16/h2-6,8-11,15H,7,12-13H2,1H3,(H,25,26)/t15-/m0/s1. The number of hydrogen-bond acceptors (Lipinski definition) is 3. The molecule has 3 aromatic rings. The van der Waals surface area contributed by atoms with Crippen LogP contribution in [0, 0.1) is 17.2 Å². The second-order valence-corrected chi connectivity index (χ2v) is 8.17. The maximum atomic E-state index is 12.7. The van der Waals surface area contributed by atoms with Gasteiger partial charge in [0.25, 0.3) is 5.91 Å². The highest BCUT2D eigenvalue weighted by molar-refractivity contribution is 7.16. The number of benzene rings is 2. The van der Waals surface area contributed by atoms with Gasteiger partial charge in [-0.1, -0.05) is 49.4 Å². The molecule has 0 saturated heterocycles. The van der Waals surface area contributed by atoms with E-state index in [0.717, 1.165) is 36.0 Å². The second kappa shape index (κ2) is 7.38. The fourth-order valence-corrected chi connectivity index (χ4v) is 4.77. The number of anilines is 1. The fourth-order valence-electron chi connectivity index (χ4n) is 3.58. The van der Waals surface area contributed by atoms with Crippen molar-refractivity contribution in [2.75, 3.05) is 5.32 Å². The Morgan fingerprint density at radius 1 is 1.11 bits per heavy atom. The van der Waals surface area contributed by atoms with Crippen LogP contribution in [0.4, 0.5) is 5.00 Å². The van der Waals surface area contributed by atoms with Gasteiger partial charge in [0, 0.05) is 10.4 Å². The average Bonchev–Trinajstić information content (AvgIpc) is 3.04. The van der Waals surface area contributed by atoms with E-state index >= 15 is 0 Å².